The summed E-state index contributed by atoms with van der Waals surface area (Å²) in [5.74, 6) is -2.28. The Morgan fingerprint density at radius 2 is 1.85 bits per heavy atom. The van der Waals surface area contributed by atoms with E-state index in [4.69, 9.17) is 23.2 Å². The number of hydrogen-bond donors (Lipinski definition) is 0. The number of carbonyl (C=O) groups excluding carboxylic acids is 2. The fourth-order valence-electron chi connectivity index (χ4n) is 0.380. The monoisotopic (exact) mass is 223 g/mol. The van der Waals surface area contributed by atoms with Crippen molar-refractivity contribution in [2.24, 2.45) is 0 Å². The summed E-state index contributed by atoms with van der Waals surface area (Å²) >= 11 is 10.5. The second-order valence-corrected chi connectivity index (χ2v) is 2.59. The number of aliphatic carboxylic acids is 1. The Labute approximate surface area is 84.4 Å². The van der Waals surface area contributed by atoms with Gasteiger partial charge in [-0.05, 0) is 6.08 Å². The number of methoxy groups -OCH3 is 1. The van der Waals surface area contributed by atoms with Crippen molar-refractivity contribution in [3.8, 4) is 0 Å². The highest BCUT2D eigenvalue weighted by Crippen LogP contribution is 2.14. The van der Waals surface area contributed by atoms with Gasteiger partial charge in [0.1, 0.15) is 0 Å². The third kappa shape index (κ3) is 4.55. The molecule has 0 atom stereocenters. The molecular weight excluding hydrogens is 219 g/mol. The van der Waals surface area contributed by atoms with Crippen molar-refractivity contribution in [2.75, 3.05) is 7.11 Å². The van der Waals surface area contributed by atoms with Gasteiger partial charge in [0, 0.05) is 6.08 Å². The van der Waals surface area contributed by atoms with E-state index in [1.807, 2.05) is 0 Å². The van der Waals surface area contributed by atoms with Gasteiger partial charge in [-0.25, -0.2) is 4.79 Å². The molecule has 0 bridgehead atoms. The van der Waals surface area contributed by atoms with Crippen LogP contribution in [0.1, 0.15) is 0 Å². The van der Waals surface area contributed by atoms with Gasteiger partial charge in [-0.2, -0.15) is 0 Å². The molecule has 0 aliphatic heterocycles. The summed E-state index contributed by atoms with van der Waals surface area (Å²) in [6.45, 7) is 0. The maximum absolute atomic E-state index is 10.5. The Hall–Kier alpha value is -1.00. The Bertz CT molecular complexity index is 280. The largest absolute Gasteiger partial charge is 0.544 e. The van der Waals surface area contributed by atoms with Crippen LogP contribution in [0, 0.1) is 0 Å². The molecule has 0 fully saturated rings. The van der Waals surface area contributed by atoms with Crippen molar-refractivity contribution in [1.29, 1.82) is 0 Å². The van der Waals surface area contributed by atoms with E-state index in [0.717, 1.165) is 12.2 Å². The van der Waals surface area contributed by atoms with Crippen LogP contribution in [0.3, 0.4) is 0 Å². The first-order valence-corrected chi connectivity index (χ1v) is 3.77. The van der Waals surface area contributed by atoms with Crippen LogP contribution < -0.4 is 5.11 Å². The van der Waals surface area contributed by atoms with Crippen molar-refractivity contribution in [3.63, 3.8) is 0 Å². The van der Waals surface area contributed by atoms with Gasteiger partial charge in [-0.3, -0.25) is 0 Å². The number of allylic oxidation sites excluding steroid dienone is 2. The summed E-state index contributed by atoms with van der Waals surface area (Å²) in [7, 11) is 1.17. The van der Waals surface area contributed by atoms with Crippen LogP contribution in [0.5, 0.6) is 0 Å². The molecule has 0 radical (unpaired) electrons. The van der Waals surface area contributed by atoms with Gasteiger partial charge >= 0.3 is 5.97 Å². The van der Waals surface area contributed by atoms with E-state index in [2.05, 4.69) is 4.74 Å². The topological polar surface area (TPSA) is 66.4 Å². The molecule has 13 heavy (non-hydrogen) atoms. The van der Waals surface area contributed by atoms with Crippen LogP contribution >= 0.6 is 23.2 Å². The third-order valence-electron chi connectivity index (χ3n) is 0.956. The summed E-state index contributed by atoms with van der Waals surface area (Å²) in [4.78, 5) is 20.6. The Morgan fingerprint density at radius 1 is 1.31 bits per heavy atom. The zero-order chi connectivity index (χ0) is 10.4. The molecule has 72 valence electrons. The highest BCUT2D eigenvalue weighted by molar-refractivity contribution is 6.47. The molecule has 0 aromatic heterocycles. The number of rotatable bonds is 3. The summed E-state index contributed by atoms with van der Waals surface area (Å²) < 4.78 is 4.23. The number of esters is 1. The van der Waals surface area contributed by atoms with Crippen LogP contribution in [0.25, 0.3) is 0 Å². The minimum Gasteiger partial charge on any atom is -0.544 e. The highest BCUT2D eigenvalue weighted by atomic mass is 35.5. The van der Waals surface area contributed by atoms with Gasteiger partial charge in [0.15, 0.2) is 0 Å². The van der Waals surface area contributed by atoms with Crippen molar-refractivity contribution < 1.29 is 19.4 Å². The maximum atomic E-state index is 10.5. The molecule has 0 aliphatic rings. The molecule has 0 saturated carbocycles. The first kappa shape index (κ1) is 12.0. The molecule has 0 spiro atoms. The molecule has 0 amide bonds. The lowest BCUT2D eigenvalue weighted by Crippen LogP contribution is -2.22. The minimum absolute atomic E-state index is 0.299. The first-order chi connectivity index (χ1) is 5.99. The van der Waals surface area contributed by atoms with Crippen LogP contribution in [0.15, 0.2) is 22.2 Å². The maximum Gasteiger partial charge on any atom is 0.330 e. The minimum atomic E-state index is -1.61. The average Bonchev–Trinajstić information content (AvgIpc) is 2.11. The van der Waals surface area contributed by atoms with E-state index in [-0.39, 0.29) is 5.03 Å². The zero-order valence-electron chi connectivity index (χ0n) is 6.54. The number of carbonyl (C=O) groups is 2. The summed E-state index contributed by atoms with van der Waals surface area (Å²) in [5, 5.41) is 9.16. The molecule has 0 aromatic carbocycles. The molecule has 0 saturated heterocycles. The average molecular weight is 224 g/mol. The molecule has 0 heterocycles. The summed E-state index contributed by atoms with van der Waals surface area (Å²) in [6, 6.07) is 0. The van der Waals surface area contributed by atoms with Gasteiger partial charge in [-0.15, -0.1) is 0 Å². The van der Waals surface area contributed by atoms with Gasteiger partial charge in [0.05, 0.1) is 23.1 Å². The lowest BCUT2D eigenvalue weighted by atomic mass is 10.4. The lowest BCUT2D eigenvalue weighted by molar-refractivity contribution is -0.298. The standard InChI is InChI=1S/C7H6Cl2O4/c1-13-5(10)3-2-4(8)6(9)7(11)12/h2-3H,1H3,(H,11,12)/p-1/b3-2+,6-4-. The van der Waals surface area contributed by atoms with Gasteiger partial charge < -0.3 is 14.6 Å². The molecule has 0 unspecified atom stereocenters. The van der Waals surface area contributed by atoms with Crippen LogP contribution in [0.2, 0.25) is 0 Å². The Morgan fingerprint density at radius 3 is 2.23 bits per heavy atom. The van der Waals surface area contributed by atoms with Gasteiger partial charge in [-0.1, -0.05) is 23.2 Å². The quantitative estimate of drug-likeness (QED) is 0.389. The second kappa shape index (κ2) is 5.61. The van der Waals surface area contributed by atoms with Gasteiger partial charge in [0.25, 0.3) is 0 Å². The van der Waals surface area contributed by atoms with Gasteiger partial charge in [0.2, 0.25) is 0 Å². The predicted octanol–water partition coefficient (Wildman–Crippen LogP) is 0.155. The number of halogens is 2. The van der Waals surface area contributed by atoms with E-state index in [9.17, 15) is 14.7 Å². The Kier molecular flexibility index (Phi) is 5.18. The summed E-state index contributed by atoms with van der Waals surface area (Å²) in [5.41, 5.74) is 0. The molecule has 0 rings (SSSR count). The number of carboxylic acid groups (broad SMARTS) is 1. The van der Waals surface area contributed by atoms with Crippen molar-refractivity contribution in [3.05, 3.63) is 22.2 Å². The van der Waals surface area contributed by atoms with Crippen molar-refractivity contribution in [2.45, 2.75) is 0 Å². The predicted molar refractivity (Wildman–Crippen MR) is 44.9 cm³/mol. The number of carboxylic acids is 1. The van der Waals surface area contributed by atoms with Crippen LogP contribution in [-0.2, 0) is 14.3 Å². The molecule has 4 nitrogen and oxygen atoms in total. The van der Waals surface area contributed by atoms with E-state index >= 15 is 0 Å². The lowest BCUT2D eigenvalue weighted by Gasteiger charge is -1.99. The molecule has 6 heteroatoms. The van der Waals surface area contributed by atoms with E-state index in [1.54, 1.807) is 0 Å². The third-order valence-corrected chi connectivity index (χ3v) is 1.73. The SMILES string of the molecule is COC(=O)/C=C/C(Cl)=C(/Cl)C(=O)[O-]. The van der Waals surface area contributed by atoms with Crippen LogP contribution in [-0.4, -0.2) is 19.0 Å². The summed E-state index contributed by atoms with van der Waals surface area (Å²) in [6.07, 6.45) is 1.94. The van der Waals surface area contributed by atoms with E-state index < -0.39 is 17.0 Å². The molecular formula is C7H5Cl2O4-. The first-order valence-electron chi connectivity index (χ1n) is 3.01. The Balaban J connectivity index is 4.54. The fourth-order valence-corrected chi connectivity index (χ4v) is 0.583. The smallest absolute Gasteiger partial charge is 0.330 e. The van der Waals surface area contributed by atoms with Crippen molar-refractivity contribution in [1.82, 2.24) is 0 Å². The fraction of sp³-hybridized carbons (Fsp3) is 0.143. The molecule has 0 N–H and O–H groups in total. The van der Waals surface area contributed by atoms with Crippen molar-refractivity contribution >= 4 is 35.1 Å². The van der Waals surface area contributed by atoms with Crippen LogP contribution in [0.4, 0.5) is 0 Å². The van der Waals surface area contributed by atoms with E-state index in [0.29, 0.717) is 0 Å². The highest BCUT2D eigenvalue weighted by Gasteiger charge is 2.00. The molecule has 0 aromatic rings. The number of hydrogen-bond acceptors (Lipinski definition) is 4. The second-order valence-electron chi connectivity index (χ2n) is 1.81. The molecule has 0 aliphatic carbocycles. The normalized spacial score (nSPS) is 12.5. The van der Waals surface area contributed by atoms with E-state index in [1.165, 1.54) is 7.11 Å². The number of ether oxygens (including phenoxy) is 1. The zero-order valence-corrected chi connectivity index (χ0v) is 8.06.